The maximum Gasteiger partial charge on any atom is 0.273 e. The Balaban J connectivity index is 1.39. The summed E-state index contributed by atoms with van der Waals surface area (Å²) < 4.78 is 20.7. The van der Waals surface area contributed by atoms with Gasteiger partial charge < -0.3 is 34.6 Å². The minimum absolute atomic E-state index is 0.0635. The molecule has 0 aromatic heterocycles. The second kappa shape index (κ2) is 20.4. The van der Waals surface area contributed by atoms with E-state index in [1.807, 2.05) is 72.8 Å². The summed E-state index contributed by atoms with van der Waals surface area (Å²) in [5, 5.41) is 38.9. The highest BCUT2D eigenvalue weighted by Crippen LogP contribution is 2.63. The molecule has 4 aromatic rings. The number of nitrogens with one attached hydrogen (secondary N) is 1. The maximum atomic E-state index is 11.8. The Hall–Kier alpha value is -5.47. The van der Waals surface area contributed by atoms with E-state index in [9.17, 15) is 25.1 Å². The molecular formula is C48H53N3O9S. The molecule has 7 rings (SSSR count). The van der Waals surface area contributed by atoms with Crippen molar-refractivity contribution in [3.8, 4) is 17.2 Å². The number of benzene rings is 4. The first kappa shape index (κ1) is 43.6. The number of carbonyl (C=O) groups is 1. The zero-order valence-corrected chi connectivity index (χ0v) is 35.1. The molecule has 1 amide bonds. The SMILES string of the molecule is C=CCO[C@@]12Oc3ccc(Oc4cccc([N+](=O)[O-])c4)cc3[C@H]3[C@H](CCCCO)[C@@H](CCCCO)C=C(C(=NOCc4ccccc4)C[C@@H]1Sc1ccc(NC(C)=O)cc1)[C@H]32. The molecular weight excluding hydrogens is 795 g/mol. The van der Waals surface area contributed by atoms with Crippen molar-refractivity contribution in [3.05, 3.63) is 143 Å². The monoisotopic (exact) mass is 847 g/mol. The van der Waals surface area contributed by atoms with Crippen LogP contribution in [0.5, 0.6) is 17.2 Å². The van der Waals surface area contributed by atoms with E-state index in [4.69, 9.17) is 24.2 Å². The topological polar surface area (TPSA) is 162 Å². The van der Waals surface area contributed by atoms with Crippen molar-refractivity contribution in [2.75, 3.05) is 25.1 Å². The Morgan fingerprint density at radius 2 is 1.74 bits per heavy atom. The number of rotatable bonds is 20. The van der Waals surface area contributed by atoms with Gasteiger partial charge >= 0.3 is 0 Å². The predicted octanol–water partition coefficient (Wildman–Crippen LogP) is 9.97. The van der Waals surface area contributed by atoms with Crippen molar-refractivity contribution < 1.29 is 39.0 Å². The molecule has 1 heterocycles. The molecule has 1 fully saturated rings. The third-order valence-electron chi connectivity index (χ3n) is 11.6. The van der Waals surface area contributed by atoms with Gasteiger partial charge in [0.25, 0.3) is 5.69 Å². The zero-order valence-electron chi connectivity index (χ0n) is 34.3. The van der Waals surface area contributed by atoms with E-state index in [0.717, 1.165) is 53.0 Å². The average molecular weight is 848 g/mol. The number of carbonyl (C=O) groups excluding carboxylic acids is 1. The number of unbranched alkanes of at least 4 members (excludes halogenated alkanes) is 2. The Morgan fingerprint density at radius 1 is 0.984 bits per heavy atom. The van der Waals surface area contributed by atoms with Gasteiger partial charge in [0.05, 0.1) is 34.5 Å². The van der Waals surface area contributed by atoms with Crippen LogP contribution < -0.4 is 14.8 Å². The standard InChI is InChI=1S/C48H53N3O9S/c1-3-26-57-48-45(61-39-21-18-35(19-22-39)49-32(2)54)30-43(50-58-31-33-12-5-4-6-13-33)41-27-34(14-7-9-24-52)40(17-8-10-25-53)46(47(41)48)42-29-38(20-23-44(42)60-48)59-37-16-11-15-36(28-37)51(55)56/h3-6,11-13,15-16,18-23,27-29,34,40,45-47,52-53H,1,7-10,14,17,24-26,30-31H2,2H3,(H,49,54)/t34-,40+,45-,46+,47+,48+/m0/s1. The molecule has 0 bridgehead atoms. The number of aliphatic hydroxyl groups excluding tert-OH is 2. The van der Waals surface area contributed by atoms with Gasteiger partial charge in [0.15, 0.2) is 0 Å². The van der Waals surface area contributed by atoms with E-state index in [1.54, 1.807) is 30.0 Å². The van der Waals surface area contributed by atoms with Crippen molar-refractivity contribution in [1.82, 2.24) is 0 Å². The summed E-state index contributed by atoms with van der Waals surface area (Å²) in [7, 11) is 0. The average Bonchev–Trinajstić information content (AvgIpc) is 3.26. The molecule has 1 aliphatic heterocycles. The van der Waals surface area contributed by atoms with Gasteiger partial charge in [0.2, 0.25) is 11.7 Å². The summed E-state index contributed by atoms with van der Waals surface area (Å²) in [5.74, 6) is -0.315. The second-order valence-electron chi connectivity index (χ2n) is 15.7. The smallest absolute Gasteiger partial charge is 0.273 e. The number of aliphatic hydroxyl groups is 2. The number of oxime groups is 1. The van der Waals surface area contributed by atoms with Gasteiger partial charge in [-0.2, -0.15) is 0 Å². The molecule has 1 saturated carbocycles. The van der Waals surface area contributed by atoms with Crippen LogP contribution >= 0.6 is 11.8 Å². The van der Waals surface area contributed by atoms with Crippen LogP contribution in [0.15, 0.2) is 131 Å². The van der Waals surface area contributed by atoms with E-state index in [0.29, 0.717) is 42.2 Å². The number of nitrogens with zero attached hydrogens (tertiary/aromatic N) is 2. The number of hydrogen-bond donors (Lipinski definition) is 3. The van der Waals surface area contributed by atoms with E-state index in [-0.39, 0.29) is 66.9 Å². The maximum absolute atomic E-state index is 11.8. The highest BCUT2D eigenvalue weighted by atomic mass is 32.2. The van der Waals surface area contributed by atoms with Crippen LogP contribution in [-0.2, 0) is 21.0 Å². The lowest BCUT2D eigenvalue weighted by Gasteiger charge is -2.58. The molecule has 320 valence electrons. The summed E-state index contributed by atoms with van der Waals surface area (Å²) in [5.41, 5.74) is 4.32. The van der Waals surface area contributed by atoms with Gasteiger partial charge in [-0.15, -0.1) is 18.3 Å². The third-order valence-corrected chi connectivity index (χ3v) is 12.9. The molecule has 6 atom stereocenters. The summed E-state index contributed by atoms with van der Waals surface area (Å²) >= 11 is 1.62. The molecule has 0 unspecified atom stereocenters. The molecule has 12 nitrogen and oxygen atoms in total. The summed E-state index contributed by atoms with van der Waals surface area (Å²) in [6.45, 7) is 6.19. The minimum atomic E-state index is -1.22. The zero-order chi connectivity index (χ0) is 42.8. The van der Waals surface area contributed by atoms with E-state index >= 15 is 0 Å². The number of ether oxygens (including phenoxy) is 3. The first-order chi connectivity index (χ1) is 29.7. The van der Waals surface area contributed by atoms with Crippen LogP contribution in [0.1, 0.15) is 68.9 Å². The molecule has 4 aromatic carbocycles. The van der Waals surface area contributed by atoms with Crippen LogP contribution in [0.25, 0.3) is 0 Å². The lowest BCUT2D eigenvalue weighted by atomic mass is 9.56. The van der Waals surface area contributed by atoms with Gasteiger partial charge in [-0.1, -0.05) is 66.5 Å². The van der Waals surface area contributed by atoms with Crippen LogP contribution in [-0.4, -0.2) is 57.6 Å². The highest BCUT2D eigenvalue weighted by Gasteiger charge is 2.64. The first-order valence-corrected chi connectivity index (χ1v) is 21.8. The van der Waals surface area contributed by atoms with Crippen LogP contribution in [0.4, 0.5) is 11.4 Å². The number of anilines is 1. The lowest BCUT2D eigenvalue weighted by molar-refractivity contribution is -0.384. The fourth-order valence-corrected chi connectivity index (χ4v) is 10.3. The Labute approximate surface area is 360 Å². The van der Waals surface area contributed by atoms with Crippen LogP contribution in [0, 0.1) is 27.9 Å². The molecule has 2 aliphatic carbocycles. The van der Waals surface area contributed by atoms with Crippen molar-refractivity contribution in [2.24, 2.45) is 22.9 Å². The normalized spacial score (nSPS) is 23.2. The van der Waals surface area contributed by atoms with Crippen molar-refractivity contribution >= 4 is 34.8 Å². The highest BCUT2D eigenvalue weighted by molar-refractivity contribution is 8.00. The summed E-state index contributed by atoms with van der Waals surface area (Å²) in [6.07, 6.45) is 9.10. The van der Waals surface area contributed by atoms with E-state index in [1.165, 1.54) is 19.1 Å². The minimum Gasteiger partial charge on any atom is -0.460 e. The largest absolute Gasteiger partial charge is 0.460 e. The molecule has 3 aliphatic rings. The fraction of sp³-hybridized carbons (Fsp3) is 0.375. The van der Waals surface area contributed by atoms with Gasteiger partial charge in [-0.25, -0.2) is 0 Å². The Bertz CT molecular complexity index is 2220. The van der Waals surface area contributed by atoms with E-state index < -0.39 is 10.7 Å². The molecule has 61 heavy (non-hydrogen) atoms. The number of thioether (sulfide) groups is 1. The number of amides is 1. The number of hydrogen-bond acceptors (Lipinski definition) is 11. The van der Waals surface area contributed by atoms with Crippen LogP contribution in [0.3, 0.4) is 0 Å². The van der Waals surface area contributed by atoms with Gasteiger partial charge in [-0.05, 0) is 97.2 Å². The summed E-state index contributed by atoms with van der Waals surface area (Å²) in [6, 6.07) is 29.5. The van der Waals surface area contributed by atoms with Crippen molar-refractivity contribution in [2.45, 2.75) is 80.3 Å². The third kappa shape index (κ3) is 10.2. The van der Waals surface area contributed by atoms with Gasteiger partial charge in [0.1, 0.15) is 23.9 Å². The predicted molar refractivity (Wildman–Crippen MR) is 236 cm³/mol. The van der Waals surface area contributed by atoms with Crippen molar-refractivity contribution in [1.29, 1.82) is 0 Å². The van der Waals surface area contributed by atoms with Gasteiger partial charge in [0, 0.05) is 54.7 Å². The molecule has 0 spiro atoms. The second-order valence-corrected chi connectivity index (χ2v) is 17.0. The number of allylic oxidation sites excluding steroid dienone is 1. The lowest BCUT2D eigenvalue weighted by Crippen LogP contribution is -2.64. The fourth-order valence-electron chi connectivity index (χ4n) is 9.03. The quantitative estimate of drug-likeness (QED) is 0.0338. The number of non-ortho nitro benzene ring substituents is 1. The van der Waals surface area contributed by atoms with E-state index in [2.05, 4.69) is 18.0 Å². The molecule has 13 heteroatoms. The molecule has 3 N–H and O–H groups in total. The molecule has 0 saturated heterocycles. The Kier molecular flexibility index (Phi) is 14.6. The number of nitro benzene ring substituents is 1. The molecule has 0 radical (unpaired) electrons. The van der Waals surface area contributed by atoms with Crippen LogP contribution in [0.2, 0.25) is 0 Å². The number of fused-ring (bicyclic) bond motifs is 2. The summed E-state index contributed by atoms with van der Waals surface area (Å²) in [4.78, 5) is 30.2. The first-order valence-electron chi connectivity index (χ1n) is 20.9. The Morgan fingerprint density at radius 3 is 2.46 bits per heavy atom. The van der Waals surface area contributed by atoms with Gasteiger partial charge in [-0.3, -0.25) is 14.9 Å². The number of nitro groups is 1. The van der Waals surface area contributed by atoms with Crippen molar-refractivity contribution in [3.63, 3.8) is 0 Å².